The van der Waals surface area contributed by atoms with Crippen molar-refractivity contribution in [3.8, 4) is 0 Å². The van der Waals surface area contributed by atoms with Crippen LogP contribution in [0.2, 0.25) is 0 Å². The predicted octanol–water partition coefficient (Wildman–Crippen LogP) is 19.5. The van der Waals surface area contributed by atoms with Crippen molar-refractivity contribution in [2.75, 3.05) is 39.6 Å². The van der Waals surface area contributed by atoms with Gasteiger partial charge in [0.1, 0.15) is 19.3 Å². The Balaban J connectivity index is 5.17. The smallest absolute Gasteiger partial charge is 0.462 e. The van der Waals surface area contributed by atoms with Crippen LogP contribution in [0.15, 0.2) is 0 Å². The highest BCUT2D eigenvalue weighted by molar-refractivity contribution is 7.47. The Kier molecular flexibility index (Phi) is 61.4. The monoisotopic (exact) mass is 1280 g/mol. The Bertz CT molecular complexity index is 1670. The second kappa shape index (κ2) is 62.8. The lowest BCUT2D eigenvalue weighted by atomic mass is 10.0. The molecule has 19 heteroatoms. The lowest BCUT2D eigenvalue weighted by molar-refractivity contribution is -0.161. The Morgan fingerprint density at radius 3 is 0.678 bits per heavy atom. The second-order valence-electron chi connectivity index (χ2n) is 24.6. The molecule has 0 aromatic rings. The molecule has 0 heterocycles. The molecule has 0 fully saturated rings. The largest absolute Gasteiger partial charge is 0.472 e. The molecule has 0 spiro atoms. The van der Waals surface area contributed by atoms with Gasteiger partial charge in [0.15, 0.2) is 12.2 Å². The summed E-state index contributed by atoms with van der Waals surface area (Å²) in [6.07, 6.45) is 50.1. The summed E-state index contributed by atoms with van der Waals surface area (Å²) < 4.78 is 68.0. The third kappa shape index (κ3) is 62.6. The lowest BCUT2D eigenvalue weighted by Gasteiger charge is -2.21. The molecule has 0 saturated heterocycles. The lowest BCUT2D eigenvalue weighted by Crippen LogP contribution is -2.30. The number of aliphatic hydroxyl groups excluding tert-OH is 1. The first-order chi connectivity index (χ1) is 42.2. The summed E-state index contributed by atoms with van der Waals surface area (Å²) >= 11 is 0. The summed E-state index contributed by atoms with van der Waals surface area (Å²) in [5.41, 5.74) is 0. The second-order valence-corrected chi connectivity index (χ2v) is 27.5. The van der Waals surface area contributed by atoms with Crippen molar-refractivity contribution in [3.05, 3.63) is 0 Å². The minimum absolute atomic E-state index is 0.105. The number of ether oxygens (including phenoxy) is 4. The minimum atomic E-state index is -4.95. The number of phosphoric ester groups is 2. The van der Waals surface area contributed by atoms with Gasteiger partial charge in [-0.2, -0.15) is 0 Å². The first-order valence-electron chi connectivity index (χ1n) is 35.8. The minimum Gasteiger partial charge on any atom is -0.462 e. The van der Waals surface area contributed by atoms with Crippen LogP contribution in [-0.2, 0) is 65.4 Å². The number of phosphoric acid groups is 2. The third-order valence-electron chi connectivity index (χ3n) is 15.9. The molecule has 3 N–H and O–H groups in total. The molecule has 0 bridgehead atoms. The molecule has 0 rings (SSSR count). The Labute approximate surface area is 530 Å². The van der Waals surface area contributed by atoms with E-state index >= 15 is 0 Å². The molecule has 516 valence electrons. The number of esters is 4. The Hall–Kier alpha value is -1.94. The summed E-state index contributed by atoms with van der Waals surface area (Å²) in [6, 6.07) is 0. The van der Waals surface area contributed by atoms with Gasteiger partial charge >= 0.3 is 39.5 Å². The molecule has 87 heavy (non-hydrogen) atoms. The van der Waals surface area contributed by atoms with Crippen molar-refractivity contribution in [2.24, 2.45) is 0 Å². The standard InChI is InChI=1S/C68H132O17P2/c1-5-9-13-17-21-24-26-28-30-32-34-36-38-42-45-49-53-66(71)79-59-64(85-68(73)55-51-47-43-39-37-35-33-31-29-27-25-22-18-14-10-6-2)61-83-87(76,77)81-57-62(69)56-80-86(74,75)82-60-63(58-78-65(70)52-48-44-40-20-16-12-8-4)84-67(72)54-50-46-41-23-19-15-11-7-3/h62-64,69H,5-61H2,1-4H3,(H,74,75)(H,76,77)/t62-,63+,64+/m0/s1. The van der Waals surface area contributed by atoms with E-state index in [9.17, 15) is 43.2 Å². The first-order valence-corrected chi connectivity index (χ1v) is 38.8. The van der Waals surface area contributed by atoms with Gasteiger partial charge in [0.2, 0.25) is 0 Å². The molecule has 0 aliphatic carbocycles. The highest BCUT2D eigenvalue weighted by Gasteiger charge is 2.30. The Morgan fingerprint density at radius 2 is 0.460 bits per heavy atom. The molecular weight excluding hydrogens is 1150 g/mol. The quantitative estimate of drug-likeness (QED) is 0.0222. The number of carbonyl (C=O) groups excluding carboxylic acids is 4. The van der Waals surface area contributed by atoms with E-state index in [4.69, 9.17) is 37.0 Å². The van der Waals surface area contributed by atoms with Crippen molar-refractivity contribution < 1.29 is 80.2 Å². The number of carbonyl (C=O) groups is 4. The molecule has 0 aliphatic heterocycles. The fourth-order valence-electron chi connectivity index (χ4n) is 10.3. The summed E-state index contributed by atoms with van der Waals surface area (Å²) in [5, 5.41) is 10.5. The van der Waals surface area contributed by atoms with E-state index < -0.39 is 97.5 Å². The van der Waals surface area contributed by atoms with Crippen molar-refractivity contribution in [1.82, 2.24) is 0 Å². The van der Waals surface area contributed by atoms with Crippen LogP contribution in [0, 0.1) is 0 Å². The Morgan fingerprint density at radius 1 is 0.276 bits per heavy atom. The van der Waals surface area contributed by atoms with Crippen molar-refractivity contribution in [2.45, 2.75) is 373 Å². The zero-order chi connectivity index (χ0) is 64.0. The highest BCUT2D eigenvalue weighted by atomic mass is 31.2. The van der Waals surface area contributed by atoms with Gasteiger partial charge in [0.25, 0.3) is 0 Å². The van der Waals surface area contributed by atoms with E-state index in [2.05, 4.69) is 27.7 Å². The van der Waals surface area contributed by atoms with E-state index in [0.717, 1.165) is 109 Å². The van der Waals surface area contributed by atoms with Crippen molar-refractivity contribution in [1.29, 1.82) is 0 Å². The van der Waals surface area contributed by atoms with Gasteiger partial charge in [-0.25, -0.2) is 9.13 Å². The highest BCUT2D eigenvalue weighted by Crippen LogP contribution is 2.45. The van der Waals surface area contributed by atoms with Gasteiger partial charge in [-0.15, -0.1) is 0 Å². The molecule has 0 aromatic heterocycles. The van der Waals surface area contributed by atoms with Crippen LogP contribution in [-0.4, -0.2) is 96.7 Å². The van der Waals surface area contributed by atoms with Gasteiger partial charge in [0, 0.05) is 25.7 Å². The maximum atomic E-state index is 13.0. The molecule has 5 atom stereocenters. The van der Waals surface area contributed by atoms with E-state index in [0.29, 0.717) is 25.7 Å². The predicted molar refractivity (Wildman–Crippen MR) is 349 cm³/mol. The van der Waals surface area contributed by atoms with Gasteiger partial charge < -0.3 is 33.8 Å². The molecule has 0 saturated carbocycles. The molecule has 0 aliphatic rings. The number of hydrogen-bond acceptors (Lipinski definition) is 15. The van der Waals surface area contributed by atoms with Crippen molar-refractivity contribution >= 4 is 39.5 Å². The van der Waals surface area contributed by atoms with E-state index in [-0.39, 0.29) is 25.7 Å². The number of unbranched alkanes of at least 4 members (excludes halogenated alkanes) is 43. The fraction of sp³-hybridized carbons (Fsp3) is 0.941. The van der Waals surface area contributed by atoms with Crippen LogP contribution in [0.25, 0.3) is 0 Å². The maximum Gasteiger partial charge on any atom is 0.472 e. The van der Waals surface area contributed by atoms with Gasteiger partial charge in [-0.3, -0.25) is 37.3 Å². The summed E-state index contributed by atoms with van der Waals surface area (Å²) in [4.78, 5) is 72.2. The normalized spacial score (nSPS) is 14.1. The van der Waals surface area contributed by atoms with E-state index in [1.807, 2.05) is 0 Å². The van der Waals surface area contributed by atoms with Crippen LogP contribution in [0.5, 0.6) is 0 Å². The molecule has 0 amide bonds. The van der Waals surface area contributed by atoms with Crippen LogP contribution in [0.1, 0.15) is 355 Å². The van der Waals surface area contributed by atoms with E-state index in [1.54, 1.807) is 0 Å². The average Bonchev–Trinajstić information content (AvgIpc) is 3.57. The summed E-state index contributed by atoms with van der Waals surface area (Å²) in [6.45, 7) is 4.87. The average molecular weight is 1280 g/mol. The fourth-order valence-corrected chi connectivity index (χ4v) is 11.9. The number of hydrogen-bond donors (Lipinski definition) is 3. The molecule has 2 unspecified atom stereocenters. The topological polar surface area (TPSA) is 237 Å². The zero-order valence-corrected chi connectivity index (χ0v) is 57.8. The first kappa shape index (κ1) is 85.1. The summed E-state index contributed by atoms with van der Waals surface area (Å²) in [5.74, 6) is -2.13. The maximum absolute atomic E-state index is 13.0. The number of rotatable bonds is 69. The number of aliphatic hydroxyl groups is 1. The summed E-state index contributed by atoms with van der Waals surface area (Å²) in [7, 11) is -9.88. The molecular formula is C68H132O17P2. The van der Waals surface area contributed by atoms with Gasteiger partial charge in [-0.05, 0) is 25.7 Å². The molecule has 0 radical (unpaired) electrons. The van der Waals surface area contributed by atoms with Crippen LogP contribution in [0.4, 0.5) is 0 Å². The third-order valence-corrected chi connectivity index (χ3v) is 17.8. The van der Waals surface area contributed by atoms with Gasteiger partial charge in [-0.1, -0.05) is 304 Å². The SMILES string of the molecule is CCCCCCCCCCCCCCCCCCC(=O)OC[C@H](COP(=O)(O)OC[C@@H](O)COP(=O)(O)OC[C@@H](COC(=O)CCCCCCCCC)OC(=O)CCCCCCCCCC)OC(=O)CCCCCCCCCCCCCCCCCC. The molecule has 0 aromatic carbocycles. The van der Waals surface area contributed by atoms with Gasteiger partial charge in [0.05, 0.1) is 26.4 Å². The van der Waals surface area contributed by atoms with E-state index in [1.165, 1.54) is 167 Å². The zero-order valence-electron chi connectivity index (χ0n) is 56.0. The molecule has 17 nitrogen and oxygen atoms in total. The van der Waals surface area contributed by atoms with Crippen LogP contribution >= 0.6 is 15.6 Å². The van der Waals surface area contributed by atoms with Crippen molar-refractivity contribution in [3.63, 3.8) is 0 Å². The van der Waals surface area contributed by atoms with Crippen LogP contribution < -0.4 is 0 Å². The van der Waals surface area contributed by atoms with Crippen LogP contribution in [0.3, 0.4) is 0 Å².